The maximum absolute atomic E-state index is 12.0. The van der Waals surface area contributed by atoms with Gasteiger partial charge in [-0.25, -0.2) is 4.98 Å². The molecule has 0 radical (unpaired) electrons. The van der Waals surface area contributed by atoms with Crippen LogP contribution in [-0.4, -0.2) is 21.3 Å². The van der Waals surface area contributed by atoms with Gasteiger partial charge < -0.3 is 5.11 Å². The van der Waals surface area contributed by atoms with Crippen LogP contribution in [0.1, 0.15) is 43.8 Å². The zero-order valence-corrected chi connectivity index (χ0v) is 11.0. The highest BCUT2D eigenvalue weighted by Gasteiger charge is 2.16. The summed E-state index contributed by atoms with van der Waals surface area (Å²) >= 11 is 0. The minimum absolute atomic E-state index is 0.0110. The fourth-order valence-corrected chi connectivity index (χ4v) is 2.13. The van der Waals surface area contributed by atoms with Gasteiger partial charge in [0, 0.05) is 37.3 Å². The molecule has 0 unspecified atom stereocenters. The number of hydrogen-bond acceptors (Lipinski definition) is 3. The SMILES string of the molecule is CC.Cc1nc2n(c(=O)c1CCO)CCCC2. The van der Waals surface area contributed by atoms with Gasteiger partial charge in [0.2, 0.25) is 0 Å². The molecular formula is C13H22N2O2. The lowest BCUT2D eigenvalue weighted by Crippen LogP contribution is -2.32. The Morgan fingerprint density at radius 3 is 2.71 bits per heavy atom. The third kappa shape index (κ3) is 2.94. The number of aliphatic hydroxyl groups is 1. The number of aryl methyl sites for hydroxylation is 2. The summed E-state index contributed by atoms with van der Waals surface area (Å²) in [6, 6.07) is 0. The maximum atomic E-state index is 12.0. The van der Waals surface area contributed by atoms with Crippen LogP contribution in [0.2, 0.25) is 0 Å². The molecule has 1 aromatic rings. The highest BCUT2D eigenvalue weighted by molar-refractivity contribution is 5.18. The Bertz CT molecular complexity index is 424. The lowest BCUT2D eigenvalue weighted by Gasteiger charge is -2.19. The second-order valence-corrected chi connectivity index (χ2v) is 3.98. The van der Waals surface area contributed by atoms with Gasteiger partial charge in [-0.15, -0.1) is 0 Å². The van der Waals surface area contributed by atoms with E-state index >= 15 is 0 Å². The molecule has 4 heteroatoms. The van der Waals surface area contributed by atoms with Crippen molar-refractivity contribution in [2.24, 2.45) is 0 Å². The van der Waals surface area contributed by atoms with Crippen LogP contribution in [0.4, 0.5) is 0 Å². The van der Waals surface area contributed by atoms with Gasteiger partial charge in [-0.05, 0) is 19.8 Å². The zero-order valence-electron chi connectivity index (χ0n) is 11.0. The molecule has 1 aliphatic heterocycles. The lowest BCUT2D eigenvalue weighted by molar-refractivity contribution is 0.298. The van der Waals surface area contributed by atoms with Gasteiger partial charge in [0.05, 0.1) is 0 Å². The topological polar surface area (TPSA) is 55.1 Å². The van der Waals surface area contributed by atoms with Crippen molar-refractivity contribution in [3.8, 4) is 0 Å². The van der Waals surface area contributed by atoms with E-state index in [4.69, 9.17) is 5.11 Å². The quantitative estimate of drug-likeness (QED) is 0.848. The molecule has 0 saturated heterocycles. The fourth-order valence-electron chi connectivity index (χ4n) is 2.13. The Kier molecular flexibility index (Phi) is 5.35. The van der Waals surface area contributed by atoms with Crippen LogP contribution in [0.15, 0.2) is 4.79 Å². The smallest absolute Gasteiger partial charge is 0.257 e. The largest absolute Gasteiger partial charge is 0.396 e. The molecule has 2 rings (SSSR count). The fraction of sp³-hybridized carbons (Fsp3) is 0.692. The first-order valence-corrected chi connectivity index (χ1v) is 6.44. The first kappa shape index (κ1) is 13.9. The maximum Gasteiger partial charge on any atom is 0.257 e. The van der Waals surface area contributed by atoms with E-state index in [1.807, 2.05) is 20.8 Å². The molecule has 96 valence electrons. The van der Waals surface area contributed by atoms with Crippen LogP contribution in [-0.2, 0) is 19.4 Å². The van der Waals surface area contributed by atoms with Crippen molar-refractivity contribution in [2.45, 2.75) is 53.0 Å². The van der Waals surface area contributed by atoms with E-state index in [-0.39, 0.29) is 12.2 Å². The molecule has 17 heavy (non-hydrogen) atoms. The van der Waals surface area contributed by atoms with Crippen LogP contribution >= 0.6 is 0 Å². The number of hydrogen-bond donors (Lipinski definition) is 1. The van der Waals surface area contributed by atoms with Crippen LogP contribution in [0, 0.1) is 6.92 Å². The Labute approximate surface area is 102 Å². The summed E-state index contributed by atoms with van der Waals surface area (Å²) in [4.78, 5) is 16.5. The molecule has 0 saturated carbocycles. The molecular weight excluding hydrogens is 216 g/mol. The molecule has 2 heterocycles. The molecule has 0 spiro atoms. The van der Waals surface area contributed by atoms with Crippen LogP contribution in [0.5, 0.6) is 0 Å². The lowest BCUT2D eigenvalue weighted by atomic mass is 10.1. The van der Waals surface area contributed by atoms with Crippen molar-refractivity contribution in [1.82, 2.24) is 9.55 Å². The summed E-state index contributed by atoms with van der Waals surface area (Å²) in [5, 5.41) is 8.90. The molecule has 1 aromatic heterocycles. The van der Waals surface area contributed by atoms with E-state index in [2.05, 4.69) is 4.98 Å². The molecule has 1 N–H and O–H groups in total. The van der Waals surface area contributed by atoms with Gasteiger partial charge in [0.1, 0.15) is 5.82 Å². The number of fused-ring (bicyclic) bond motifs is 1. The molecule has 0 aliphatic carbocycles. The standard InChI is InChI=1S/C11H16N2O2.C2H6/c1-8-9(5-7-14)11(15)13-6-3-2-4-10(13)12-8;1-2/h14H,2-7H2,1H3;1-2H3. The van der Waals surface area contributed by atoms with Crippen LogP contribution in [0.3, 0.4) is 0 Å². The highest BCUT2D eigenvalue weighted by atomic mass is 16.3. The molecule has 0 fully saturated rings. The Morgan fingerprint density at radius 2 is 2.06 bits per heavy atom. The second-order valence-electron chi connectivity index (χ2n) is 3.98. The Morgan fingerprint density at radius 1 is 1.35 bits per heavy atom. The van der Waals surface area contributed by atoms with Crippen LogP contribution < -0.4 is 5.56 Å². The van der Waals surface area contributed by atoms with Crippen molar-refractivity contribution in [3.05, 3.63) is 27.4 Å². The van der Waals surface area contributed by atoms with Crippen molar-refractivity contribution in [3.63, 3.8) is 0 Å². The van der Waals surface area contributed by atoms with Gasteiger partial charge >= 0.3 is 0 Å². The molecule has 0 bridgehead atoms. The molecule has 4 nitrogen and oxygen atoms in total. The average molecular weight is 238 g/mol. The van der Waals surface area contributed by atoms with E-state index in [1.165, 1.54) is 0 Å². The molecule has 0 aromatic carbocycles. The minimum Gasteiger partial charge on any atom is -0.396 e. The highest BCUT2D eigenvalue weighted by Crippen LogP contribution is 2.12. The van der Waals surface area contributed by atoms with Gasteiger partial charge in [0.15, 0.2) is 0 Å². The molecule has 0 atom stereocenters. The summed E-state index contributed by atoms with van der Waals surface area (Å²) in [7, 11) is 0. The van der Waals surface area contributed by atoms with Gasteiger partial charge in [-0.2, -0.15) is 0 Å². The number of rotatable bonds is 2. The predicted molar refractivity (Wildman–Crippen MR) is 68.3 cm³/mol. The number of aromatic nitrogens is 2. The average Bonchev–Trinajstić information content (AvgIpc) is 2.37. The van der Waals surface area contributed by atoms with E-state index in [0.717, 1.165) is 37.3 Å². The normalized spacial score (nSPS) is 13.6. The van der Waals surface area contributed by atoms with E-state index in [1.54, 1.807) is 4.57 Å². The Hall–Kier alpha value is -1.16. The summed E-state index contributed by atoms with van der Waals surface area (Å²) in [6.45, 7) is 6.64. The summed E-state index contributed by atoms with van der Waals surface area (Å²) < 4.78 is 1.77. The summed E-state index contributed by atoms with van der Waals surface area (Å²) in [6.07, 6.45) is 3.48. The number of nitrogens with zero attached hydrogens (tertiary/aromatic N) is 2. The van der Waals surface area contributed by atoms with Gasteiger partial charge in [-0.3, -0.25) is 9.36 Å². The van der Waals surface area contributed by atoms with Gasteiger partial charge in [0.25, 0.3) is 5.56 Å². The van der Waals surface area contributed by atoms with E-state index in [9.17, 15) is 4.79 Å². The van der Waals surface area contributed by atoms with Gasteiger partial charge in [-0.1, -0.05) is 13.8 Å². The van der Waals surface area contributed by atoms with E-state index in [0.29, 0.717) is 12.0 Å². The van der Waals surface area contributed by atoms with Crippen molar-refractivity contribution in [1.29, 1.82) is 0 Å². The third-order valence-corrected chi connectivity index (χ3v) is 2.94. The first-order chi connectivity index (χ1) is 8.24. The van der Waals surface area contributed by atoms with E-state index < -0.39 is 0 Å². The summed E-state index contributed by atoms with van der Waals surface area (Å²) in [5.41, 5.74) is 1.50. The second kappa shape index (κ2) is 6.55. The first-order valence-electron chi connectivity index (χ1n) is 6.44. The zero-order chi connectivity index (χ0) is 12.8. The minimum atomic E-state index is 0.0110. The molecule has 1 aliphatic rings. The van der Waals surface area contributed by atoms with Crippen LogP contribution in [0.25, 0.3) is 0 Å². The molecule has 0 amide bonds. The van der Waals surface area contributed by atoms with Crippen molar-refractivity contribution < 1.29 is 5.11 Å². The third-order valence-electron chi connectivity index (χ3n) is 2.94. The predicted octanol–water partition coefficient (Wildman–Crippen LogP) is 1.45. The van der Waals surface area contributed by atoms with Crippen molar-refractivity contribution in [2.75, 3.05) is 6.61 Å². The Balaban J connectivity index is 0.000000686. The number of aliphatic hydroxyl groups excluding tert-OH is 1. The monoisotopic (exact) mass is 238 g/mol. The van der Waals surface area contributed by atoms with Crippen molar-refractivity contribution >= 4 is 0 Å². The summed E-state index contributed by atoms with van der Waals surface area (Å²) in [5.74, 6) is 0.908.